The number of carbonyl (C=O) groups excluding carboxylic acids is 1. The molecule has 15 heavy (non-hydrogen) atoms. The largest absolute Gasteiger partial charge is 0.467 e. The Morgan fingerprint density at radius 3 is 2.93 bits per heavy atom. The van der Waals surface area contributed by atoms with Gasteiger partial charge in [-0.1, -0.05) is 0 Å². The molecule has 0 radical (unpaired) electrons. The lowest BCUT2D eigenvalue weighted by molar-refractivity contribution is -0.129. The maximum absolute atomic E-state index is 11.6. The highest BCUT2D eigenvalue weighted by Crippen LogP contribution is 2.28. The van der Waals surface area contributed by atoms with Crippen LogP contribution in [0.1, 0.15) is 19.1 Å². The minimum absolute atomic E-state index is 0.0855. The lowest BCUT2D eigenvalue weighted by Gasteiger charge is -2.37. The Labute approximate surface area is 87.6 Å². The maximum Gasteiger partial charge on any atom is 0.231 e. The average molecular weight is 207 g/mol. The molecule has 0 spiro atoms. The summed E-state index contributed by atoms with van der Waals surface area (Å²) in [6.45, 7) is 1.85. The summed E-state index contributed by atoms with van der Waals surface area (Å²) in [7, 11) is 1.58. The molecule has 2 N–H and O–H groups in total. The summed E-state index contributed by atoms with van der Waals surface area (Å²) in [4.78, 5) is 12.9. The van der Waals surface area contributed by atoms with E-state index in [9.17, 15) is 4.79 Å². The van der Waals surface area contributed by atoms with E-state index in [4.69, 9.17) is 9.83 Å². The zero-order valence-electron chi connectivity index (χ0n) is 8.70. The van der Waals surface area contributed by atoms with Crippen molar-refractivity contribution in [2.75, 3.05) is 7.05 Å². The first-order valence-electron chi connectivity index (χ1n) is 4.70. The third-order valence-electron chi connectivity index (χ3n) is 2.67. The van der Waals surface area contributed by atoms with Crippen molar-refractivity contribution in [1.82, 2.24) is 10.2 Å². The van der Waals surface area contributed by atoms with Gasteiger partial charge in [-0.25, -0.2) is 0 Å². The van der Waals surface area contributed by atoms with E-state index in [1.54, 1.807) is 25.4 Å². The zero-order valence-corrected chi connectivity index (χ0v) is 8.70. The van der Waals surface area contributed by atoms with E-state index in [0.717, 1.165) is 0 Å². The van der Waals surface area contributed by atoms with E-state index in [2.05, 4.69) is 5.32 Å². The van der Waals surface area contributed by atoms with Crippen molar-refractivity contribution in [3.05, 3.63) is 24.2 Å². The van der Waals surface area contributed by atoms with Crippen molar-refractivity contribution >= 4 is 11.9 Å². The van der Waals surface area contributed by atoms with E-state index in [1.807, 2.05) is 6.92 Å². The predicted molar refractivity (Wildman–Crippen MR) is 54.3 cm³/mol. The number of hydrogen-bond acceptors (Lipinski definition) is 3. The van der Waals surface area contributed by atoms with Crippen molar-refractivity contribution in [2.24, 2.45) is 0 Å². The van der Waals surface area contributed by atoms with Crippen LogP contribution in [0.4, 0.5) is 0 Å². The van der Waals surface area contributed by atoms with Crippen LogP contribution in [0.3, 0.4) is 0 Å². The van der Waals surface area contributed by atoms with Crippen molar-refractivity contribution in [3.63, 3.8) is 0 Å². The number of carbonyl (C=O) groups is 1. The van der Waals surface area contributed by atoms with E-state index in [-0.39, 0.29) is 11.9 Å². The number of guanidine groups is 1. The van der Waals surface area contributed by atoms with Gasteiger partial charge >= 0.3 is 0 Å². The van der Waals surface area contributed by atoms with Gasteiger partial charge in [0.25, 0.3) is 0 Å². The molecule has 1 atom stereocenters. The number of amides is 1. The van der Waals surface area contributed by atoms with Crippen molar-refractivity contribution < 1.29 is 9.21 Å². The smallest absolute Gasteiger partial charge is 0.231 e. The summed E-state index contributed by atoms with van der Waals surface area (Å²) in [6, 6.07) is 3.58. The highest BCUT2D eigenvalue weighted by atomic mass is 16.3. The highest BCUT2D eigenvalue weighted by Gasteiger charge is 2.39. The summed E-state index contributed by atoms with van der Waals surface area (Å²) < 4.78 is 5.28. The Morgan fingerprint density at radius 1 is 1.67 bits per heavy atom. The lowest BCUT2D eigenvalue weighted by atomic mass is 9.92. The molecule has 1 amide bonds. The van der Waals surface area contributed by atoms with Crippen LogP contribution >= 0.6 is 0 Å². The van der Waals surface area contributed by atoms with Gasteiger partial charge < -0.3 is 9.73 Å². The van der Waals surface area contributed by atoms with Crippen molar-refractivity contribution in [2.45, 2.75) is 18.9 Å². The summed E-state index contributed by atoms with van der Waals surface area (Å²) in [6.07, 6.45) is 1.86. The molecule has 1 aromatic rings. The quantitative estimate of drug-likeness (QED) is 0.718. The number of nitrogens with zero attached hydrogens (tertiary/aromatic N) is 1. The summed E-state index contributed by atoms with van der Waals surface area (Å²) in [5, 5.41) is 10.6. The maximum atomic E-state index is 11.6. The number of furan rings is 1. The van der Waals surface area contributed by atoms with Gasteiger partial charge in [0.05, 0.1) is 12.7 Å². The SMILES string of the molecule is CN1C(=N)N[C@](C)(c2ccco2)CC1=O. The van der Waals surface area contributed by atoms with Gasteiger partial charge in [0.15, 0.2) is 5.96 Å². The molecule has 5 heteroatoms. The first kappa shape index (κ1) is 9.76. The molecule has 1 saturated heterocycles. The predicted octanol–water partition coefficient (Wildman–Crippen LogP) is 0.881. The van der Waals surface area contributed by atoms with Crippen LogP contribution in [-0.4, -0.2) is 23.8 Å². The van der Waals surface area contributed by atoms with Gasteiger partial charge in [0.2, 0.25) is 5.91 Å². The Kier molecular flexibility index (Phi) is 2.03. The average Bonchev–Trinajstić information content (AvgIpc) is 2.67. The monoisotopic (exact) mass is 207 g/mol. The molecular formula is C10H13N3O2. The summed E-state index contributed by atoms with van der Waals surface area (Å²) in [5.41, 5.74) is -0.607. The molecule has 1 aliphatic rings. The molecule has 0 bridgehead atoms. The molecule has 1 fully saturated rings. The van der Waals surface area contributed by atoms with Crippen LogP contribution in [0.25, 0.3) is 0 Å². The van der Waals surface area contributed by atoms with Gasteiger partial charge in [-0.15, -0.1) is 0 Å². The van der Waals surface area contributed by atoms with E-state index in [0.29, 0.717) is 12.2 Å². The van der Waals surface area contributed by atoms with Crippen LogP contribution in [0.5, 0.6) is 0 Å². The third kappa shape index (κ3) is 1.49. The zero-order chi connectivity index (χ0) is 11.1. The fourth-order valence-corrected chi connectivity index (χ4v) is 1.68. The van der Waals surface area contributed by atoms with Crippen molar-refractivity contribution in [3.8, 4) is 0 Å². The minimum Gasteiger partial charge on any atom is -0.467 e. The fourth-order valence-electron chi connectivity index (χ4n) is 1.68. The van der Waals surface area contributed by atoms with E-state index >= 15 is 0 Å². The molecule has 2 rings (SSSR count). The van der Waals surface area contributed by atoms with Gasteiger partial charge in [0.1, 0.15) is 11.3 Å². The number of rotatable bonds is 1. The lowest BCUT2D eigenvalue weighted by Crippen LogP contribution is -2.58. The molecule has 0 unspecified atom stereocenters. The first-order valence-corrected chi connectivity index (χ1v) is 4.70. The molecule has 5 nitrogen and oxygen atoms in total. The van der Waals surface area contributed by atoms with Gasteiger partial charge in [-0.05, 0) is 19.1 Å². The first-order chi connectivity index (χ1) is 7.03. The third-order valence-corrected chi connectivity index (χ3v) is 2.67. The van der Waals surface area contributed by atoms with E-state index in [1.165, 1.54) is 4.90 Å². The topological polar surface area (TPSA) is 69.3 Å². The molecule has 1 aromatic heterocycles. The van der Waals surface area contributed by atoms with Gasteiger partial charge in [-0.2, -0.15) is 0 Å². The highest BCUT2D eigenvalue weighted by molar-refractivity contribution is 5.98. The van der Waals surface area contributed by atoms with Crippen LogP contribution < -0.4 is 5.32 Å². The van der Waals surface area contributed by atoms with Gasteiger partial charge in [-0.3, -0.25) is 15.1 Å². The Bertz CT molecular complexity index is 379. The van der Waals surface area contributed by atoms with Crippen molar-refractivity contribution in [1.29, 1.82) is 5.41 Å². The second-order valence-corrected chi connectivity index (χ2v) is 3.91. The molecule has 80 valence electrons. The Balaban J connectivity index is 2.32. The molecule has 2 heterocycles. The number of hydrogen-bond donors (Lipinski definition) is 2. The standard InChI is InChI=1S/C10H13N3O2/c1-10(7-4-3-5-15-7)6-8(14)13(2)9(11)12-10/h3-5H,6H2,1-2H3,(H2,11,12)/t10-/m0/s1. The second kappa shape index (κ2) is 3.12. The number of nitrogens with one attached hydrogen (secondary N) is 2. The van der Waals surface area contributed by atoms with Gasteiger partial charge in [0, 0.05) is 7.05 Å². The molecule has 0 aliphatic carbocycles. The molecule has 1 aliphatic heterocycles. The molecule has 0 saturated carbocycles. The molecular weight excluding hydrogens is 194 g/mol. The Morgan fingerprint density at radius 2 is 2.40 bits per heavy atom. The van der Waals surface area contributed by atoms with Crippen LogP contribution in [-0.2, 0) is 10.3 Å². The Hall–Kier alpha value is -1.78. The molecule has 0 aromatic carbocycles. The summed E-state index contributed by atoms with van der Waals surface area (Å²) in [5.74, 6) is 0.691. The second-order valence-electron chi connectivity index (χ2n) is 3.91. The van der Waals surface area contributed by atoms with Crippen LogP contribution in [0, 0.1) is 5.41 Å². The van der Waals surface area contributed by atoms with Crippen LogP contribution in [0.2, 0.25) is 0 Å². The van der Waals surface area contributed by atoms with E-state index < -0.39 is 5.54 Å². The normalized spacial score (nSPS) is 26.7. The van der Waals surface area contributed by atoms with Crippen LogP contribution in [0.15, 0.2) is 22.8 Å². The fraction of sp³-hybridized carbons (Fsp3) is 0.400. The summed E-state index contributed by atoms with van der Waals surface area (Å²) >= 11 is 0. The minimum atomic E-state index is -0.607.